The average molecular weight is 457 g/mol. The van der Waals surface area contributed by atoms with Gasteiger partial charge in [-0.3, -0.25) is 18.7 Å². The highest BCUT2D eigenvalue weighted by Gasteiger charge is 2.18. The van der Waals surface area contributed by atoms with Gasteiger partial charge in [0.1, 0.15) is 11.4 Å². The number of carbonyl (C=O) groups excluding carboxylic acids is 1. The Hall–Kier alpha value is -3.07. The maximum absolute atomic E-state index is 13.0. The molecule has 9 heteroatoms. The van der Waals surface area contributed by atoms with Crippen LogP contribution in [0, 0.1) is 0 Å². The Labute approximate surface area is 190 Å². The van der Waals surface area contributed by atoms with Crippen LogP contribution < -0.4 is 21.3 Å². The molecule has 32 heavy (non-hydrogen) atoms. The van der Waals surface area contributed by atoms with Gasteiger partial charge in [0, 0.05) is 30.9 Å². The number of nitrogens with zero attached hydrogens (tertiary/aromatic N) is 3. The molecule has 3 aromatic rings. The second-order valence-corrected chi connectivity index (χ2v) is 8.40. The highest BCUT2D eigenvalue weighted by molar-refractivity contribution is 8.00. The molecular weight excluding hydrogens is 428 g/mol. The van der Waals surface area contributed by atoms with Crippen molar-refractivity contribution in [1.29, 1.82) is 0 Å². The maximum Gasteiger partial charge on any atom is 0.332 e. The average Bonchev–Trinajstić information content (AvgIpc) is 2.79. The van der Waals surface area contributed by atoms with Gasteiger partial charge >= 0.3 is 5.69 Å². The second kappa shape index (κ2) is 10.5. The largest absolute Gasteiger partial charge is 0.494 e. The lowest BCUT2D eigenvalue weighted by atomic mass is 10.1. The molecule has 0 unspecified atom stereocenters. The molecule has 0 radical (unpaired) electrons. The van der Waals surface area contributed by atoms with Crippen molar-refractivity contribution in [2.24, 2.45) is 14.1 Å². The van der Waals surface area contributed by atoms with Crippen LogP contribution in [-0.4, -0.2) is 32.4 Å². The van der Waals surface area contributed by atoms with Crippen LogP contribution >= 0.6 is 11.8 Å². The number of hydrogen-bond donors (Lipinski definition) is 1. The molecule has 1 amide bonds. The first-order chi connectivity index (χ1) is 15.4. The van der Waals surface area contributed by atoms with Crippen LogP contribution in [-0.2, 0) is 25.3 Å². The van der Waals surface area contributed by atoms with Crippen molar-refractivity contribution in [3.8, 4) is 5.75 Å². The van der Waals surface area contributed by atoms with Gasteiger partial charge in [-0.2, -0.15) is 0 Å². The molecule has 0 atom stereocenters. The van der Waals surface area contributed by atoms with Gasteiger partial charge in [-0.05, 0) is 49.6 Å². The minimum absolute atomic E-state index is 0.122. The van der Waals surface area contributed by atoms with E-state index in [-0.39, 0.29) is 11.7 Å². The maximum atomic E-state index is 13.0. The third kappa shape index (κ3) is 5.04. The van der Waals surface area contributed by atoms with Gasteiger partial charge in [-0.25, -0.2) is 9.78 Å². The molecule has 0 bridgehead atoms. The van der Waals surface area contributed by atoms with E-state index in [1.54, 1.807) is 37.5 Å². The number of nitrogens with one attached hydrogen (secondary N) is 1. The number of unbranched alkanes of at least 4 members (excludes halogenated alkanes) is 1. The van der Waals surface area contributed by atoms with Gasteiger partial charge in [0.15, 0.2) is 0 Å². The molecule has 0 saturated heterocycles. The van der Waals surface area contributed by atoms with Gasteiger partial charge in [-0.15, -0.1) is 11.8 Å². The minimum Gasteiger partial charge on any atom is -0.494 e. The zero-order valence-electron chi connectivity index (χ0n) is 18.8. The van der Waals surface area contributed by atoms with Crippen molar-refractivity contribution in [3.05, 3.63) is 56.9 Å². The Morgan fingerprint density at radius 2 is 1.84 bits per heavy atom. The number of carbonyl (C=O) groups is 1. The molecule has 2 aromatic heterocycles. The van der Waals surface area contributed by atoms with Crippen LogP contribution in [0.2, 0.25) is 0 Å². The van der Waals surface area contributed by atoms with Crippen molar-refractivity contribution in [3.63, 3.8) is 0 Å². The first-order valence-corrected chi connectivity index (χ1v) is 11.6. The Kier molecular flexibility index (Phi) is 7.74. The first kappa shape index (κ1) is 23.6. The highest BCUT2D eigenvalue weighted by Crippen LogP contribution is 2.29. The van der Waals surface area contributed by atoms with E-state index in [1.165, 1.54) is 23.4 Å². The summed E-state index contributed by atoms with van der Waals surface area (Å²) in [5, 5.41) is 3.25. The van der Waals surface area contributed by atoms with Crippen LogP contribution in [0.1, 0.15) is 32.3 Å². The van der Waals surface area contributed by atoms with E-state index in [0.29, 0.717) is 28.2 Å². The molecule has 0 saturated carbocycles. The van der Waals surface area contributed by atoms with Crippen LogP contribution in [0.3, 0.4) is 0 Å². The number of anilines is 1. The molecule has 170 valence electrons. The number of ether oxygens (including phenoxy) is 1. The van der Waals surface area contributed by atoms with E-state index in [9.17, 15) is 14.4 Å². The van der Waals surface area contributed by atoms with Crippen LogP contribution in [0.25, 0.3) is 11.0 Å². The van der Waals surface area contributed by atoms with Gasteiger partial charge in [0.25, 0.3) is 5.56 Å². The molecule has 3 rings (SSSR count). The number of aryl methyl sites for hydroxylation is 2. The smallest absolute Gasteiger partial charge is 0.332 e. The Bertz CT molecular complexity index is 1230. The van der Waals surface area contributed by atoms with Gasteiger partial charge < -0.3 is 10.1 Å². The molecule has 0 aliphatic carbocycles. The highest BCUT2D eigenvalue weighted by atomic mass is 32.2. The van der Waals surface area contributed by atoms with Crippen LogP contribution in [0.15, 0.2) is 44.9 Å². The predicted octanol–water partition coefficient (Wildman–Crippen LogP) is 3.10. The zero-order chi connectivity index (χ0) is 23.3. The summed E-state index contributed by atoms with van der Waals surface area (Å²) in [4.78, 5) is 43.0. The lowest BCUT2D eigenvalue weighted by Gasteiger charge is -2.14. The third-order valence-electron chi connectivity index (χ3n) is 5.09. The quantitative estimate of drug-likeness (QED) is 0.497. The fourth-order valence-electron chi connectivity index (χ4n) is 3.39. The van der Waals surface area contributed by atoms with Gasteiger partial charge in [-0.1, -0.05) is 13.3 Å². The second-order valence-electron chi connectivity index (χ2n) is 7.41. The molecule has 0 fully saturated rings. The van der Waals surface area contributed by atoms with E-state index in [0.717, 1.165) is 35.1 Å². The molecule has 1 aromatic carbocycles. The van der Waals surface area contributed by atoms with Crippen LogP contribution in [0.4, 0.5) is 5.69 Å². The number of hydrogen-bond acceptors (Lipinski definition) is 6. The van der Waals surface area contributed by atoms with Crippen LogP contribution in [0.5, 0.6) is 5.75 Å². The summed E-state index contributed by atoms with van der Waals surface area (Å²) in [6.07, 6.45) is 4.38. The summed E-state index contributed by atoms with van der Waals surface area (Å²) >= 11 is 1.30. The lowest BCUT2D eigenvalue weighted by Crippen LogP contribution is -2.37. The first-order valence-electron chi connectivity index (χ1n) is 10.6. The number of thioether (sulfide) groups is 1. The van der Waals surface area contributed by atoms with Gasteiger partial charge in [0.2, 0.25) is 5.91 Å². The normalized spacial score (nSPS) is 11.0. The Balaban J connectivity index is 1.89. The van der Waals surface area contributed by atoms with E-state index in [2.05, 4.69) is 17.2 Å². The van der Waals surface area contributed by atoms with Gasteiger partial charge in [0.05, 0.1) is 17.7 Å². The minimum atomic E-state index is -0.430. The molecule has 0 aliphatic heterocycles. The number of benzene rings is 1. The number of aromatic nitrogens is 3. The summed E-state index contributed by atoms with van der Waals surface area (Å²) in [6.45, 7) is 4.58. The summed E-state index contributed by atoms with van der Waals surface area (Å²) < 4.78 is 7.86. The van der Waals surface area contributed by atoms with Crippen molar-refractivity contribution < 1.29 is 9.53 Å². The van der Waals surface area contributed by atoms with E-state index in [1.807, 2.05) is 6.92 Å². The SMILES string of the molecule is CCCCc1cnc2c(c1SCC(=O)Nc1ccc(OCC)cc1)c(=O)n(C)c(=O)n2C. The summed E-state index contributed by atoms with van der Waals surface area (Å²) in [7, 11) is 3.05. The third-order valence-corrected chi connectivity index (χ3v) is 6.25. The summed E-state index contributed by atoms with van der Waals surface area (Å²) in [6, 6.07) is 7.17. The Morgan fingerprint density at radius 3 is 2.50 bits per heavy atom. The fraction of sp³-hybridized carbons (Fsp3) is 0.391. The lowest BCUT2D eigenvalue weighted by molar-refractivity contribution is -0.113. The molecule has 0 spiro atoms. The standard InChI is InChI=1S/C23H28N4O4S/c1-5-7-8-15-13-24-21-19(22(29)27(4)23(30)26(21)3)20(15)32-14-18(28)25-16-9-11-17(12-10-16)31-6-2/h9-13H,5-8,14H2,1-4H3,(H,25,28). The molecule has 2 heterocycles. The number of pyridine rings is 1. The molecule has 1 N–H and O–H groups in total. The monoisotopic (exact) mass is 456 g/mol. The molecule has 0 aliphatic rings. The van der Waals surface area contributed by atoms with Crippen molar-refractivity contribution >= 4 is 34.4 Å². The summed E-state index contributed by atoms with van der Waals surface area (Å²) in [5.41, 5.74) is 1.08. The number of rotatable bonds is 9. The van der Waals surface area contributed by atoms with E-state index in [4.69, 9.17) is 4.74 Å². The number of fused-ring (bicyclic) bond motifs is 1. The topological polar surface area (TPSA) is 95.2 Å². The van der Waals surface area contributed by atoms with Crippen molar-refractivity contribution in [2.75, 3.05) is 17.7 Å². The van der Waals surface area contributed by atoms with E-state index < -0.39 is 11.2 Å². The van der Waals surface area contributed by atoms with E-state index >= 15 is 0 Å². The Morgan fingerprint density at radius 1 is 1.12 bits per heavy atom. The predicted molar refractivity (Wildman–Crippen MR) is 128 cm³/mol. The summed E-state index contributed by atoms with van der Waals surface area (Å²) in [5.74, 6) is 0.676. The molecular formula is C23H28N4O4S. The number of amides is 1. The van der Waals surface area contributed by atoms with Crippen molar-refractivity contribution in [1.82, 2.24) is 14.1 Å². The zero-order valence-corrected chi connectivity index (χ0v) is 19.6. The fourth-order valence-corrected chi connectivity index (χ4v) is 4.40. The van der Waals surface area contributed by atoms with Crippen molar-refractivity contribution in [2.45, 2.75) is 38.0 Å². The molecule has 8 nitrogen and oxygen atoms in total.